The van der Waals surface area contributed by atoms with Gasteiger partial charge in [0.1, 0.15) is 6.61 Å². The summed E-state index contributed by atoms with van der Waals surface area (Å²) in [6.07, 6.45) is 73.4. The van der Waals surface area contributed by atoms with Crippen molar-refractivity contribution in [3.8, 4) is 0 Å². The van der Waals surface area contributed by atoms with E-state index in [4.69, 9.17) is 14.2 Å². The number of carbonyl (C=O) groups excluding carboxylic acids is 2. The lowest BCUT2D eigenvalue weighted by atomic mass is 10.1. The van der Waals surface area contributed by atoms with Gasteiger partial charge in [-0.3, -0.25) is 9.59 Å². The first-order chi connectivity index (χ1) is 32.6. The van der Waals surface area contributed by atoms with Crippen molar-refractivity contribution in [2.75, 3.05) is 19.8 Å². The van der Waals surface area contributed by atoms with E-state index in [0.29, 0.717) is 19.4 Å². The van der Waals surface area contributed by atoms with Crippen LogP contribution in [-0.4, -0.2) is 37.9 Å². The largest absolute Gasteiger partial charge is 0.462 e. The van der Waals surface area contributed by atoms with Crippen LogP contribution in [0, 0.1) is 0 Å². The Morgan fingerprint density at radius 2 is 0.636 bits per heavy atom. The molecule has 0 aromatic heterocycles. The normalized spacial score (nSPS) is 12.7. The van der Waals surface area contributed by atoms with Gasteiger partial charge < -0.3 is 14.2 Å². The third kappa shape index (κ3) is 54.0. The van der Waals surface area contributed by atoms with Crippen LogP contribution in [0.2, 0.25) is 0 Å². The number of hydrogen-bond acceptors (Lipinski definition) is 5. The molecule has 0 amide bonds. The highest BCUT2D eigenvalue weighted by Gasteiger charge is 2.17. The number of hydrogen-bond donors (Lipinski definition) is 0. The van der Waals surface area contributed by atoms with Crippen LogP contribution in [0.15, 0.2) is 72.9 Å². The minimum atomic E-state index is -0.553. The molecule has 0 rings (SSSR count). The number of unbranched alkanes of at least 4 members (excludes halogenated alkanes) is 29. The second-order valence-electron chi connectivity index (χ2n) is 18.8. The van der Waals surface area contributed by atoms with Crippen LogP contribution in [0.4, 0.5) is 0 Å². The zero-order chi connectivity index (χ0) is 47.7. The van der Waals surface area contributed by atoms with Crippen LogP contribution >= 0.6 is 0 Å². The molecule has 382 valence electrons. The average Bonchev–Trinajstić information content (AvgIpc) is 3.32. The van der Waals surface area contributed by atoms with Crippen LogP contribution in [0.3, 0.4) is 0 Å². The second-order valence-corrected chi connectivity index (χ2v) is 18.8. The summed E-state index contributed by atoms with van der Waals surface area (Å²) in [4.78, 5) is 25.5. The van der Waals surface area contributed by atoms with Gasteiger partial charge in [-0.25, -0.2) is 0 Å². The molecule has 1 atom stereocenters. The number of allylic oxidation sites excluding steroid dienone is 12. The maximum atomic E-state index is 12.8. The third-order valence-electron chi connectivity index (χ3n) is 12.2. The summed E-state index contributed by atoms with van der Waals surface area (Å²) in [5.41, 5.74) is 0. The van der Waals surface area contributed by atoms with E-state index in [0.717, 1.165) is 83.5 Å². The topological polar surface area (TPSA) is 61.8 Å². The molecule has 0 heterocycles. The van der Waals surface area contributed by atoms with E-state index < -0.39 is 6.10 Å². The van der Waals surface area contributed by atoms with E-state index in [1.165, 1.54) is 161 Å². The van der Waals surface area contributed by atoms with Gasteiger partial charge in [0.25, 0.3) is 0 Å². The summed E-state index contributed by atoms with van der Waals surface area (Å²) in [5.74, 6) is -0.424. The monoisotopic (exact) mass is 921 g/mol. The highest BCUT2D eigenvalue weighted by atomic mass is 16.6. The summed E-state index contributed by atoms with van der Waals surface area (Å²) in [6.45, 7) is 7.74. The maximum absolute atomic E-state index is 12.8. The zero-order valence-electron chi connectivity index (χ0n) is 44.0. The number of carbonyl (C=O) groups is 2. The highest BCUT2D eigenvalue weighted by molar-refractivity contribution is 5.70. The van der Waals surface area contributed by atoms with Gasteiger partial charge in [-0.05, 0) is 116 Å². The molecule has 5 nitrogen and oxygen atoms in total. The van der Waals surface area contributed by atoms with Gasteiger partial charge in [0.05, 0.1) is 6.61 Å². The summed E-state index contributed by atoms with van der Waals surface area (Å²) in [7, 11) is 0. The third-order valence-corrected chi connectivity index (χ3v) is 12.2. The zero-order valence-corrected chi connectivity index (χ0v) is 44.0. The molecular formula is C61H108O5. The Bertz CT molecular complexity index is 1180. The standard InChI is InChI=1S/C61H108O5/c1-4-7-10-13-16-19-22-25-28-29-30-31-32-35-38-41-44-47-50-53-56-64-57-59(66-61(63)55-52-49-46-43-40-37-34-27-24-21-18-15-12-9-6-3)58-65-60(62)54-51-48-45-42-39-36-33-26-23-20-17-14-11-8-5-2/h16-21,25-28,33-34,59H,4-15,22-24,29-32,35-58H2,1-3H3/b19-16-,20-17-,21-18-,28-25-,33-26-,34-27-. The Kier molecular flexibility index (Phi) is 54.4. The minimum Gasteiger partial charge on any atom is -0.462 e. The van der Waals surface area contributed by atoms with Crippen molar-refractivity contribution in [2.45, 2.75) is 284 Å². The summed E-state index contributed by atoms with van der Waals surface area (Å²) < 4.78 is 17.5. The molecule has 0 N–H and O–H groups in total. The van der Waals surface area contributed by atoms with Gasteiger partial charge in [0.15, 0.2) is 6.10 Å². The van der Waals surface area contributed by atoms with Gasteiger partial charge in [-0.15, -0.1) is 0 Å². The number of rotatable bonds is 52. The Balaban J connectivity index is 4.30. The first kappa shape index (κ1) is 63.3. The van der Waals surface area contributed by atoms with E-state index >= 15 is 0 Å². The number of ether oxygens (including phenoxy) is 3. The molecular weight excluding hydrogens is 813 g/mol. The van der Waals surface area contributed by atoms with E-state index in [1.54, 1.807) is 0 Å². The molecule has 0 aromatic carbocycles. The smallest absolute Gasteiger partial charge is 0.306 e. The lowest BCUT2D eigenvalue weighted by Crippen LogP contribution is -2.30. The van der Waals surface area contributed by atoms with Crippen molar-refractivity contribution < 1.29 is 23.8 Å². The Morgan fingerprint density at radius 1 is 0.333 bits per heavy atom. The van der Waals surface area contributed by atoms with Crippen LogP contribution in [0.25, 0.3) is 0 Å². The molecule has 0 aliphatic heterocycles. The Hall–Kier alpha value is -2.66. The van der Waals surface area contributed by atoms with Crippen molar-refractivity contribution in [1.29, 1.82) is 0 Å². The molecule has 1 unspecified atom stereocenters. The van der Waals surface area contributed by atoms with Gasteiger partial charge in [-0.1, -0.05) is 222 Å². The summed E-state index contributed by atoms with van der Waals surface area (Å²) in [5, 5.41) is 0. The molecule has 0 fully saturated rings. The lowest BCUT2D eigenvalue weighted by molar-refractivity contribution is -0.163. The summed E-state index contributed by atoms with van der Waals surface area (Å²) in [6, 6.07) is 0. The SMILES string of the molecule is CCCCC/C=C\C/C=C\CCCCCCCCCCCCOCC(COC(=O)CCCCCCC/C=C\C/C=C\CCCCC)OC(=O)CCCCCCC/C=C\C/C=C\CCCCC. The predicted molar refractivity (Wildman–Crippen MR) is 288 cm³/mol. The van der Waals surface area contributed by atoms with E-state index in [-0.39, 0.29) is 25.2 Å². The molecule has 0 radical (unpaired) electrons. The van der Waals surface area contributed by atoms with E-state index in [2.05, 4.69) is 93.7 Å². The fourth-order valence-corrected chi connectivity index (χ4v) is 7.89. The van der Waals surface area contributed by atoms with Gasteiger partial charge >= 0.3 is 11.9 Å². The minimum absolute atomic E-state index is 0.0700. The summed E-state index contributed by atoms with van der Waals surface area (Å²) >= 11 is 0. The molecule has 5 heteroatoms. The molecule has 0 aromatic rings. The van der Waals surface area contributed by atoms with Gasteiger partial charge in [0, 0.05) is 19.4 Å². The van der Waals surface area contributed by atoms with E-state index in [9.17, 15) is 9.59 Å². The molecule has 0 saturated heterocycles. The van der Waals surface area contributed by atoms with E-state index in [1.807, 2.05) is 0 Å². The van der Waals surface area contributed by atoms with Crippen LogP contribution in [0.1, 0.15) is 278 Å². The van der Waals surface area contributed by atoms with Crippen LogP contribution in [0.5, 0.6) is 0 Å². The first-order valence-corrected chi connectivity index (χ1v) is 28.5. The predicted octanol–water partition coefficient (Wildman–Crippen LogP) is 19.5. The highest BCUT2D eigenvalue weighted by Crippen LogP contribution is 2.14. The van der Waals surface area contributed by atoms with Gasteiger partial charge in [-0.2, -0.15) is 0 Å². The molecule has 0 aliphatic rings. The molecule has 0 bridgehead atoms. The molecule has 66 heavy (non-hydrogen) atoms. The quantitative estimate of drug-likeness (QED) is 0.0346. The molecule has 0 saturated carbocycles. The van der Waals surface area contributed by atoms with Crippen LogP contribution < -0.4 is 0 Å². The van der Waals surface area contributed by atoms with Crippen molar-refractivity contribution in [2.24, 2.45) is 0 Å². The van der Waals surface area contributed by atoms with Crippen molar-refractivity contribution in [1.82, 2.24) is 0 Å². The second kappa shape index (κ2) is 56.7. The Morgan fingerprint density at radius 3 is 1.00 bits per heavy atom. The van der Waals surface area contributed by atoms with Gasteiger partial charge in [0.2, 0.25) is 0 Å². The van der Waals surface area contributed by atoms with Crippen molar-refractivity contribution >= 4 is 11.9 Å². The average molecular weight is 922 g/mol. The molecule has 0 aliphatic carbocycles. The molecule has 0 spiro atoms. The number of esters is 2. The fraction of sp³-hybridized carbons (Fsp3) is 0.770. The fourth-order valence-electron chi connectivity index (χ4n) is 7.89. The van der Waals surface area contributed by atoms with Crippen LogP contribution in [-0.2, 0) is 23.8 Å². The Labute approximate surface area is 410 Å². The van der Waals surface area contributed by atoms with Crippen molar-refractivity contribution in [3.63, 3.8) is 0 Å². The lowest BCUT2D eigenvalue weighted by Gasteiger charge is -2.18. The first-order valence-electron chi connectivity index (χ1n) is 28.5. The van der Waals surface area contributed by atoms with Crippen molar-refractivity contribution in [3.05, 3.63) is 72.9 Å². The maximum Gasteiger partial charge on any atom is 0.306 e.